The number of anilines is 1. The van der Waals surface area contributed by atoms with Crippen molar-refractivity contribution in [1.29, 1.82) is 0 Å². The molecule has 0 aromatic heterocycles. The first-order valence-electron chi connectivity index (χ1n) is 7.46. The first-order chi connectivity index (χ1) is 10.1. The van der Waals surface area contributed by atoms with Crippen LogP contribution >= 0.6 is 12.2 Å². The van der Waals surface area contributed by atoms with Crippen LogP contribution in [0, 0.1) is 0 Å². The van der Waals surface area contributed by atoms with Gasteiger partial charge in [0.1, 0.15) is 4.99 Å². The van der Waals surface area contributed by atoms with Crippen LogP contribution < -0.4 is 11.1 Å². The quantitative estimate of drug-likeness (QED) is 0.793. The Morgan fingerprint density at radius 3 is 2.52 bits per heavy atom. The topological polar surface area (TPSA) is 64.3 Å². The highest BCUT2D eigenvalue weighted by atomic mass is 32.1. The third-order valence-corrected chi connectivity index (χ3v) is 3.92. The molecule has 0 spiro atoms. The summed E-state index contributed by atoms with van der Waals surface area (Å²) in [6, 6.07) is 7.20. The average Bonchev–Trinajstić information content (AvgIpc) is 2.49. The molecule has 1 aliphatic rings. The summed E-state index contributed by atoms with van der Waals surface area (Å²) in [6.07, 6.45) is 6.77. The minimum atomic E-state index is -0.0334. The Kier molecular flexibility index (Phi) is 6.14. The Morgan fingerprint density at radius 1 is 1.24 bits per heavy atom. The van der Waals surface area contributed by atoms with E-state index < -0.39 is 0 Å². The van der Waals surface area contributed by atoms with Crippen molar-refractivity contribution in [1.82, 2.24) is 0 Å². The molecule has 1 aliphatic carbocycles. The lowest BCUT2D eigenvalue weighted by Gasteiger charge is -2.21. The Morgan fingerprint density at radius 2 is 1.90 bits per heavy atom. The van der Waals surface area contributed by atoms with E-state index in [0.717, 1.165) is 24.1 Å². The maximum absolute atomic E-state index is 11.8. The number of carbonyl (C=O) groups is 1. The zero-order valence-electron chi connectivity index (χ0n) is 12.1. The number of carbonyl (C=O) groups excluding carboxylic acids is 1. The van der Waals surface area contributed by atoms with Gasteiger partial charge in [-0.2, -0.15) is 0 Å². The van der Waals surface area contributed by atoms with Crippen LogP contribution in [0.5, 0.6) is 0 Å². The van der Waals surface area contributed by atoms with Crippen LogP contribution in [0.4, 0.5) is 5.69 Å². The normalized spacial score (nSPS) is 15.6. The van der Waals surface area contributed by atoms with Crippen molar-refractivity contribution < 1.29 is 9.53 Å². The van der Waals surface area contributed by atoms with Crippen molar-refractivity contribution in [3.05, 3.63) is 29.8 Å². The minimum absolute atomic E-state index is 0.0334. The Bertz CT molecular complexity index is 482. The number of ether oxygens (including phenoxy) is 1. The second-order valence-electron chi connectivity index (χ2n) is 5.37. The molecular formula is C16H22N2O2S. The highest BCUT2D eigenvalue weighted by Gasteiger charge is 2.14. The van der Waals surface area contributed by atoms with Crippen LogP contribution in [0.15, 0.2) is 24.3 Å². The number of rotatable bonds is 6. The van der Waals surface area contributed by atoms with Gasteiger partial charge >= 0.3 is 0 Å². The molecule has 1 saturated carbocycles. The second kappa shape index (κ2) is 8.10. The molecule has 0 bridgehead atoms. The van der Waals surface area contributed by atoms with Crippen molar-refractivity contribution in [3.63, 3.8) is 0 Å². The van der Waals surface area contributed by atoms with E-state index in [1.54, 1.807) is 24.3 Å². The van der Waals surface area contributed by atoms with Crippen molar-refractivity contribution in [2.45, 2.75) is 44.6 Å². The molecule has 2 rings (SSSR count). The van der Waals surface area contributed by atoms with Gasteiger partial charge in [-0.15, -0.1) is 0 Å². The highest BCUT2D eigenvalue weighted by Crippen LogP contribution is 2.20. The fourth-order valence-corrected chi connectivity index (χ4v) is 2.63. The lowest BCUT2D eigenvalue weighted by Crippen LogP contribution is -2.20. The number of benzene rings is 1. The Balaban J connectivity index is 1.70. The highest BCUT2D eigenvalue weighted by molar-refractivity contribution is 7.80. The number of hydrogen-bond donors (Lipinski definition) is 2. The fourth-order valence-electron chi connectivity index (χ4n) is 2.49. The van der Waals surface area contributed by atoms with Crippen molar-refractivity contribution in [2.24, 2.45) is 5.73 Å². The molecule has 0 unspecified atom stereocenters. The van der Waals surface area contributed by atoms with Gasteiger partial charge in [0.05, 0.1) is 19.1 Å². The molecule has 1 amide bonds. The van der Waals surface area contributed by atoms with Crippen molar-refractivity contribution >= 4 is 28.8 Å². The molecule has 0 radical (unpaired) electrons. The summed E-state index contributed by atoms with van der Waals surface area (Å²) in [7, 11) is 0. The monoisotopic (exact) mass is 306 g/mol. The Hall–Kier alpha value is -1.46. The van der Waals surface area contributed by atoms with Crippen LogP contribution in [0.2, 0.25) is 0 Å². The van der Waals surface area contributed by atoms with Gasteiger partial charge in [-0.1, -0.05) is 31.5 Å². The van der Waals surface area contributed by atoms with Gasteiger partial charge in [0, 0.05) is 11.3 Å². The van der Waals surface area contributed by atoms with Crippen LogP contribution in [-0.4, -0.2) is 23.6 Å². The first-order valence-corrected chi connectivity index (χ1v) is 7.87. The summed E-state index contributed by atoms with van der Waals surface area (Å²) in [5, 5.41) is 2.84. The van der Waals surface area contributed by atoms with E-state index in [2.05, 4.69) is 5.32 Å². The van der Waals surface area contributed by atoms with Gasteiger partial charge in [-0.3, -0.25) is 4.79 Å². The molecule has 1 aromatic rings. The molecule has 0 saturated heterocycles. The molecule has 3 N–H and O–H groups in total. The molecule has 21 heavy (non-hydrogen) atoms. The molecule has 5 heteroatoms. The zero-order chi connectivity index (χ0) is 15.1. The number of amides is 1. The summed E-state index contributed by atoms with van der Waals surface area (Å²) in [5.41, 5.74) is 7.07. The van der Waals surface area contributed by atoms with Crippen LogP contribution in [0.3, 0.4) is 0 Å². The van der Waals surface area contributed by atoms with E-state index in [9.17, 15) is 4.79 Å². The first kappa shape index (κ1) is 15.9. The zero-order valence-corrected chi connectivity index (χ0v) is 13.0. The Labute approximate surface area is 131 Å². The molecule has 1 fully saturated rings. The van der Waals surface area contributed by atoms with E-state index in [1.807, 2.05) is 0 Å². The van der Waals surface area contributed by atoms with Gasteiger partial charge in [0.15, 0.2) is 0 Å². The maximum atomic E-state index is 11.8. The van der Waals surface area contributed by atoms with E-state index in [4.69, 9.17) is 22.7 Å². The van der Waals surface area contributed by atoms with Gasteiger partial charge in [0.25, 0.3) is 0 Å². The van der Waals surface area contributed by atoms with Crippen LogP contribution in [-0.2, 0) is 9.53 Å². The number of nitrogens with one attached hydrogen (secondary N) is 1. The third-order valence-electron chi connectivity index (χ3n) is 3.69. The van der Waals surface area contributed by atoms with Gasteiger partial charge in [0.2, 0.25) is 5.91 Å². The molecule has 114 valence electrons. The van der Waals surface area contributed by atoms with E-state index in [-0.39, 0.29) is 5.91 Å². The predicted molar refractivity (Wildman–Crippen MR) is 88.4 cm³/mol. The summed E-state index contributed by atoms with van der Waals surface area (Å²) in [6.45, 7) is 0.488. The van der Waals surface area contributed by atoms with E-state index >= 15 is 0 Å². The standard InChI is InChI=1S/C16H22N2O2S/c17-16(21)12-6-8-13(9-7-12)18-15(19)10-11-20-14-4-2-1-3-5-14/h6-9,14H,1-5,10-11H2,(H2,17,21)(H,18,19). The number of nitrogens with two attached hydrogens (primary N) is 1. The maximum Gasteiger partial charge on any atom is 0.226 e. The largest absolute Gasteiger partial charge is 0.389 e. The summed E-state index contributed by atoms with van der Waals surface area (Å²) in [4.78, 5) is 12.2. The predicted octanol–water partition coefficient (Wildman–Crippen LogP) is 3.00. The molecule has 0 aliphatic heterocycles. The SMILES string of the molecule is NC(=S)c1ccc(NC(=O)CCOC2CCCCC2)cc1. The molecule has 0 heterocycles. The van der Waals surface area contributed by atoms with Gasteiger partial charge < -0.3 is 15.8 Å². The van der Waals surface area contributed by atoms with Crippen LogP contribution in [0.1, 0.15) is 44.1 Å². The lowest BCUT2D eigenvalue weighted by atomic mass is 9.98. The third kappa shape index (κ3) is 5.44. The lowest BCUT2D eigenvalue weighted by molar-refractivity contribution is -0.117. The van der Waals surface area contributed by atoms with E-state index in [1.165, 1.54) is 19.3 Å². The minimum Gasteiger partial charge on any atom is -0.389 e. The smallest absolute Gasteiger partial charge is 0.226 e. The number of thiocarbonyl (C=S) groups is 1. The molecular weight excluding hydrogens is 284 g/mol. The number of hydrogen-bond acceptors (Lipinski definition) is 3. The summed E-state index contributed by atoms with van der Waals surface area (Å²) < 4.78 is 5.75. The second-order valence-corrected chi connectivity index (χ2v) is 5.81. The molecule has 4 nitrogen and oxygen atoms in total. The summed E-state index contributed by atoms with van der Waals surface area (Å²) >= 11 is 4.89. The summed E-state index contributed by atoms with van der Waals surface area (Å²) in [5.74, 6) is -0.0334. The molecule has 1 aromatic carbocycles. The van der Waals surface area contributed by atoms with E-state index in [0.29, 0.717) is 24.1 Å². The molecule has 0 atom stereocenters. The van der Waals surface area contributed by atoms with Gasteiger partial charge in [-0.05, 0) is 37.1 Å². The van der Waals surface area contributed by atoms with Gasteiger partial charge in [-0.25, -0.2) is 0 Å². The average molecular weight is 306 g/mol. The van der Waals surface area contributed by atoms with Crippen molar-refractivity contribution in [2.75, 3.05) is 11.9 Å². The fraction of sp³-hybridized carbons (Fsp3) is 0.500. The van der Waals surface area contributed by atoms with Crippen LogP contribution in [0.25, 0.3) is 0 Å². The van der Waals surface area contributed by atoms with Crippen molar-refractivity contribution in [3.8, 4) is 0 Å².